The van der Waals surface area contributed by atoms with E-state index in [4.69, 9.17) is 15.0 Å². The summed E-state index contributed by atoms with van der Waals surface area (Å²) in [6.45, 7) is 0. The van der Waals surface area contributed by atoms with Crippen LogP contribution in [-0.4, -0.2) is 15.0 Å². The molecular formula is C59H37N3S. The highest BCUT2D eigenvalue weighted by Gasteiger charge is 2.17. The minimum atomic E-state index is 0.695. The number of hydrogen-bond acceptors (Lipinski definition) is 4. The Kier molecular flexibility index (Phi) is 9.02. The molecule has 3 nitrogen and oxygen atoms in total. The van der Waals surface area contributed by atoms with Crippen molar-refractivity contribution in [3.8, 4) is 78.5 Å². The van der Waals surface area contributed by atoms with Gasteiger partial charge in [-0.3, -0.25) is 0 Å². The highest BCUT2D eigenvalue weighted by Crippen LogP contribution is 2.44. The number of thiophene rings is 1. The summed E-state index contributed by atoms with van der Waals surface area (Å²) in [6.07, 6.45) is 0. The summed E-state index contributed by atoms with van der Waals surface area (Å²) >= 11 is 1.87. The van der Waals surface area contributed by atoms with E-state index in [1.807, 2.05) is 23.5 Å². The summed E-state index contributed by atoms with van der Waals surface area (Å²) in [5.41, 5.74) is 15.0. The van der Waals surface area contributed by atoms with Crippen molar-refractivity contribution < 1.29 is 0 Å². The first-order chi connectivity index (χ1) is 31.2. The SMILES string of the molecule is c1ccc(-c2ccc(-c3cc(-c4ccc(-c5ccc6c(c5)sc5c6ccc6c(-c7ccccc7)nc7ccccc7c65)cc4)nc(-c4ccc(-c5ccccc5)cc4)n3)cc2)cc1. The van der Waals surface area contributed by atoms with Crippen LogP contribution in [0.3, 0.4) is 0 Å². The minimum absolute atomic E-state index is 0.695. The fraction of sp³-hybridized carbons (Fsp3) is 0. The maximum atomic E-state index is 5.19. The van der Waals surface area contributed by atoms with Crippen molar-refractivity contribution >= 4 is 53.2 Å². The van der Waals surface area contributed by atoms with Gasteiger partial charge in [0.25, 0.3) is 0 Å². The lowest BCUT2D eigenvalue weighted by atomic mass is 9.97. The van der Waals surface area contributed by atoms with Crippen molar-refractivity contribution in [2.45, 2.75) is 0 Å². The molecule has 0 N–H and O–H groups in total. The van der Waals surface area contributed by atoms with Gasteiger partial charge in [0.1, 0.15) is 0 Å². The van der Waals surface area contributed by atoms with Crippen LogP contribution >= 0.6 is 11.3 Å². The molecule has 0 saturated heterocycles. The lowest BCUT2D eigenvalue weighted by Crippen LogP contribution is -1.96. The van der Waals surface area contributed by atoms with Crippen molar-refractivity contribution in [1.29, 1.82) is 0 Å². The van der Waals surface area contributed by atoms with Crippen LogP contribution in [0.1, 0.15) is 0 Å². The first kappa shape index (κ1) is 36.8. The molecular weight excluding hydrogens is 783 g/mol. The van der Waals surface area contributed by atoms with Crippen LogP contribution in [0, 0.1) is 0 Å². The third-order valence-electron chi connectivity index (χ3n) is 12.1. The second kappa shape index (κ2) is 15.4. The van der Waals surface area contributed by atoms with Crippen LogP contribution in [0.15, 0.2) is 224 Å². The van der Waals surface area contributed by atoms with E-state index in [1.165, 1.54) is 58.6 Å². The minimum Gasteiger partial charge on any atom is -0.247 e. The zero-order valence-corrected chi connectivity index (χ0v) is 34.9. The first-order valence-corrected chi connectivity index (χ1v) is 22.1. The molecule has 12 aromatic rings. The largest absolute Gasteiger partial charge is 0.247 e. The Hall–Kier alpha value is -8.05. The smallest absolute Gasteiger partial charge is 0.160 e. The van der Waals surface area contributed by atoms with Gasteiger partial charge in [0.05, 0.1) is 22.6 Å². The molecule has 0 spiro atoms. The van der Waals surface area contributed by atoms with E-state index < -0.39 is 0 Å². The van der Waals surface area contributed by atoms with Crippen molar-refractivity contribution in [2.24, 2.45) is 0 Å². The molecule has 3 heterocycles. The number of para-hydroxylation sites is 1. The van der Waals surface area contributed by atoms with Gasteiger partial charge < -0.3 is 0 Å². The molecule has 0 atom stereocenters. The maximum Gasteiger partial charge on any atom is 0.160 e. The number of aromatic nitrogens is 3. The predicted octanol–water partition coefficient (Wildman–Crippen LogP) is 16.2. The first-order valence-electron chi connectivity index (χ1n) is 21.2. The van der Waals surface area contributed by atoms with E-state index in [0.29, 0.717) is 5.82 Å². The number of pyridine rings is 1. The summed E-state index contributed by atoms with van der Waals surface area (Å²) in [5, 5.41) is 6.18. The molecule has 0 fully saturated rings. The monoisotopic (exact) mass is 819 g/mol. The molecule has 0 saturated carbocycles. The van der Waals surface area contributed by atoms with Gasteiger partial charge in [-0.1, -0.05) is 206 Å². The average Bonchev–Trinajstić information content (AvgIpc) is 3.75. The Labute approximate surface area is 369 Å². The topological polar surface area (TPSA) is 38.7 Å². The third kappa shape index (κ3) is 6.74. The molecule has 294 valence electrons. The number of rotatable bonds is 7. The summed E-state index contributed by atoms with van der Waals surface area (Å²) in [5.74, 6) is 0.695. The van der Waals surface area contributed by atoms with Gasteiger partial charge >= 0.3 is 0 Å². The van der Waals surface area contributed by atoms with Crippen molar-refractivity contribution in [1.82, 2.24) is 15.0 Å². The quantitative estimate of drug-likeness (QED) is 0.150. The molecule has 0 amide bonds. The van der Waals surface area contributed by atoms with Crippen LogP contribution in [0.4, 0.5) is 0 Å². The lowest BCUT2D eigenvalue weighted by molar-refractivity contribution is 1.18. The normalized spacial score (nSPS) is 11.5. The second-order valence-electron chi connectivity index (χ2n) is 15.9. The Balaban J connectivity index is 0.923. The van der Waals surface area contributed by atoms with Gasteiger partial charge in [-0.15, -0.1) is 11.3 Å². The number of fused-ring (bicyclic) bond motifs is 7. The Morgan fingerprint density at radius 1 is 0.286 bits per heavy atom. The van der Waals surface area contributed by atoms with E-state index >= 15 is 0 Å². The Bertz CT molecular complexity index is 3520. The lowest BCUT2D eigenvalue weighted by Gasteiger charge is -2.11. The number of nitrogens with zero attached hydrogens (tertiary/aromatic N) is 3. The summed E-state index contributed by atoms with van der Waals surface area (Å²) in [4.78, 5) is 15.5. The molecule has 3 aromatic heterocycles. The van der Waals surface area contributed by atoms with Crippen LogP contribution in [0.5, 0.6) is 0 Å². The van der Waals surface area contributed by atoms with Crippen molar-refractivity contribution in [2.75, 3.05) is 0 Å². The molecule has 4 heteroatoms. The third-order valence-corrected chi connectivity index (χ3v) is 13.3. The van der Waals surface area contributed by atoms with Gasteiger partial charge in [-0.2, -0.15) is 0 Å². The molecule has 0 aliphatic carbocycles. The molecule has 63 heavy (non-hydrogen) atoms. The molecule has 0 aliphatic rings. The molecule has 12 rings (SSSR count). The standard InChI is InChI=1S/C59H37N3S/c1-4-12-38(13-5-1)40-20-26-43(27-21-40)53-37-54(62-59(61-53)46-30-24-41(25-31-46)39-14-6-2-7-15-39)44-28-22-42(23-29-44)47-32-33-48-49-34-35-51-56(58(49)63-55(48)36-47)50-18-10-11-19-52(50)60-57(51)45-16-8-3-9-17-45/h1-37H. The van der Waals surface area contributed by atoms with E-state index in [1.54, 1.807) is 0 Å². The molecule has 0 bridgehead atoms. The fourth-order valence-electron chi connectivity index (χ4n) is 8.88. The van der Waals surface area contributed by atoms with Gasteiger partial charge in [0, 0.05) is 58.6 Å². The number of hydrogen-bond donors (Lipinski definition) is 0. The highest BCUT2D eigenvalue weighted by molar-refractivity contribution is 7.26. The van der Waals surface area contributed by atoms with Crippen LogP contribution in [0.25, 0.3) is 120 Å². The Morgan fingerprint density at radius 2 is 0.730 bits per heavy atom. The summed E-state index contributed by atoms with van der Waals surface area (Å²) in [7, 11) is 0. The van der Waals surface area contributed by atoms with Crippen molar-refractivity contribution in [3.63, 3.8) is 0 Å². The van der Waals surface area contributed by atoms with Gasteiger partial charge in [0.15, 0.2) is 5.82 Å². The van der Waals surface area contributed by atoms with Gasteiger partial charge in [-0.05, 0) is 51.6 Å². The van der Waals surface area contributed by atoms with Gasteiger partial charge in [-0.25, -0.2) is 15.0 Å². The van der Waals surface area contributed by atoms with Crippen LogP contribution in [-0.2, 0) is 0 Å². The summed E-state index contributed by atoms with van der Waals surface area (Å²) in [6, 6.07) is 79.6. The number of benzene rings is 9. The van der Waals surface area contributed by atoms with Crippen molar-refractivity contribution in [3.05, 3.63) is 224 Å². The second-order valence-corrected chi connectivity index (χ2v) is 17.0. The predicted molar refractivity (Wildman–Crippen MR) is 266 cm³/mol. The van der Waals surface area contributed by atoms with Crippen LogP contribution in [0.2, 0.25) is 0 Å². The summed E-state index contributed by atoms with van der Waals surface area (Å²) < 4.78 is 2.56. The van der Waals surface area contributed by atoms with E-state index in [-0.39, 0.29) is 0 Å². The molecule has 0 aliphatic heterocycles. The van der Waals surface area contributed by atoms with E-state index in [0.717, 1.165) is 56.0 Å². The molecule has 9 aromatic carbocycles. The Morgan fingerprint density at radius 3 is 1.33 bits per heavy atom. The van der Waals surface area contributed by atoms with Crippen LogP contribution < -0.4 is 0 Å². The van der Waals surface area contributed by atoms with E-state index in [9.17, 15) is 0 Å². The molecule has 0 radical (unpaired) electrons. The zero-order chi connectivity index (χ0) is 41.7. The van der Waals surface area contributed by atoms with Gasteiger partial charge in [0.2, 0.25) is 0 Å². The zero-order valence-electron chi connectivity index (χ0n) is 34.1. The molecule has 0 unspecified atom stereocenters. The average molecular weight is 820 g/mol. The maximum absolute atomic E-state index is 5.19. The fourth-order valence-corrected chi connectivity index (χ4v) is 10.2. The van der Waals surface area contributed by atoms with E-state index in [2.05, 4.69) is 212 Å². The highest BCUT2D eigenvalue weighted by atomic mass is 32.1.